The number of piperazine rings is 1. The Morgan fingerprint density at radius 1 is 1.18 bits per heavy atom. The first kappa shape index (κ1) is 25.2. The van der Waals surface area contributed by atoms with Crippen molar-refractivity contribution in [3.8, 4) is 0 Å². The van der Waals surface area contributed by atoms with Crippen LogP contribution >= 0.6 is 0 Å². The number of hydroxylamine groups is 1. The number of nitrogens with zero attached hydrogens (tertiary/aromatic N) is 2. The minimum atomic E-state index is -0.903. The van der Waals surface area contributed by atoms with E-state index in [1.54, 1.807) is 10.4 Å². The molecule has 33 heavy (non-hydrogen) atoms. The Balaban J connectivity index is 1.91. The summed E-state index contributed by atoms with van der Waals surface area (Å²) in [6.45, 7) is 9.77. The van der Waals surface area contributed by atoms with Gasteiger partial charge in [-0.05, 0) is 38.2 Å². The molecule has 0 bridgehead atoms. The second kappa shape index (κ2) is 10.7. The van der Waals surface area contributed by atoms with E-state index in [9.17, 15) is 14.4 Å². The molecule has 8 heteroatoms. The average Bonchev–Trinajstić information content (AvgIpc) is 3.06. The summed E-state index contributed by atoms with van der Waals surface area (Å²) in [6.07, 6.45) is 1.38. The lowest BCUT2D eigenvalue weighted by molar-refractivity contribution is -0.150. The lowest BCUT2D eigenvalue weighted by Crippen LogP contribution is -2.60. The minimum absolute atomic E-state index is 0.0423. The molecule has 3 rings (SSSR count). The van der Waals surface area contributed by atoms with Crippen LogP contribution in [0.4, 0.5) is 0 Å². The highest BCUT2D eigenvalue weighted by atomic mass is 16.5. The number of nitrogens with one attached hydrogen (secondary N) is 2. The zero-order chi connectivity index (χ0) is 24.2. The second-order valence-electron chi connectivity index (χ2n) is 10.3. The van der Waals surface area contributed by atoms with Crippen molar-refractivity contribution >= 4 is 17.7 Å². The fourth-order valence-corrected chi connectivity index (χ4v) is 5.58. The Bertz CT molecular complexity index is 836. The molecule has 3 amide bonds. The fourth-order valence-electron chi connectivity index (χ4n) is 5.58. The lowest BCUT2D eigenvalue weighted by atomic mass is 9.75. The summed E-state index contributed by atoms with van der Waals surface area (Å²) < 4.78 is 0. The van der Waals surface area contributed by atoms with Gasteiger partial charge < -0.3 is 15.1 Å². The van der Waals surface area contributed by atoms with Gasteiger partial charge in [0.15, 0.2) is 0 Å². The van der Waals surface area contributed by atoms with Gasteiger partial charge in [-0.2, -0.15) is 0 Å². The maximum Gasteiger partial charge on any atom is 0.245 e. The first-order valence-corrected chi connectivity index (χ1v) is 12.0. The van der Waals surface area contributed by atoms with Crippen molar-refractivity contribution in [2.24, 2.45) is 11.3 Å². The molecular weight excluding hydrogens is 420 g/mol. The maximum atomic E-state index is 13.8. The van der Waals surface area contributed by atoms with Gasteiger partial charge in [-0.15, -0.1) is 0 Å². The van der Waals surface area contributed by atoms with Gasteiger partial charge in [-0.25, -0.2) is 5.48 Å². The molecule has 0 spiro atoms. The summed E-state index contributed by atoms with van der Waals surface area (Å²) in [5.41, 5.74) is 1.78. The van der Waals surface area contributed by atoms with Crippen molar-refractivity contribution in [2.75, 3.05) is 19.6 Å². The van der Waals surface area contributed by atoms with E-state index in [4.69, 9.17) is 5.21 Å². The smallest absolute Gasteiger partial charge is 0.245 e. The molecule has 3 N–H and O–H groups in total. The first-order valence-electron chi connectivity index (χ1n) is 12.0. The molecule has 182 valence electrons. The highest BCUT2D eigenvalue weighted by Gasteiger charge is 2.51. The van der Waals surface area contributed by atoms with Crippen LogP contribution in [0.25, 0.3) is 0 Å². The second-order valence-corrected chi connectivity index (χ2v) is 10.3. The standard InChI is InChI=1S/C25H38N4O4/c1-17(2)13-25(14-22(30)27-33)10-11-29(24(25)32)21(12-20-8-6-5-7-9-20)23(31)28-15-18(3)26-19(4)16-28/h5-9,17-19,21,26,33H,10-16H2,1-4H3,(H,27,30). The molecule has 1 aromatic carbocycles. The number of likely N-dealkylation sites (tertiary alicyclic amines) is 1. The van der Waals surface area contributed by atoms with E-state index in [1.165, 1.54) is 0 Å². The third-order valence-corrected chi connectivity index (χ3v) is 6.77. The predicted octanol–water partition coefficient (Wildman–Crippen LogP) is 1.97. The van der Waals surface area contributed by atoms with Gasteiger partial charge >= 0.3 is 0 Å². The molecule has 2 fully saturated rings. The van der Waals surface area contributed by atoms with Crippen LogP contribution < -0.4 is 10.8 Å². The van der Waals surface area contributed by atoms with Crippen molar-refractivity contribution < 1.29 is 19.6 Å². The van der Waals surface area contributed by atoms with Crippen LogP contribution in [0.15, 0.2) is 30.3 Å². The van der Waals surface area contributed by atoms with Crippen LogP contribution in [0.1, 0.15) is 52.5 Å². The molecule has 1 aromatic rings. The summed E-state index contributed by atoms with van der Waals surface area (Å²) in [7, 11) is 0. The molecule has 0 aliphatic carbocycles. The van der Waals surface area contributed by atoms with Gasteiger partial charge in [0.2, 0.25) is 17.7 Å². The van der Waals surface area contributed by atoms with Gasteiger partial charge in [0, 0.05) is 44.6 Å². The quantitative estimate of drug-likeness (QED) is 0.408. The number of carbonyl (C=O) groups excluding carboxylic acids is 3. The molecule has 8 nitrogen and oxygen atoms in total. The number of amides is 3. The number of rotatable bonds is 8. The SMILES string of the molecule is CC(C)CC1(CC(=O)NO)CCN(C(Cc2ccccc2)C(=O)N2CC(C)NC(C)C2)C1=O. The number of hydrogen-bond acceptors (Lipinski definition) is 5. The molecule has 4 atom stereocenters. The summed E-state index contributed by atoms with van der Waals surface area (Å²) in [4.78, 5) is 43.3. The van der Waals surface area contributed by atoms with Crippen molar-refractivity contribution in [2.45, 2.75) is 71.5 Å². The average molecular weight is 459 g/mol. The Labute approximate surface area is 196 Å². The summed E-state index contributed by atoms with van der Waals surface area (Å²) in [5, 5.41) is 12.6. The topological polar surface area (TPSA) is 102 Å². The third kappa shape index (κ3) is 5.92. The zero-order valence-electron chi connectivity index (χ0n) is 20.2. The Hall–Kier alpha value is -2.45. The molecule has 2 saturated heterocycles. The molecule has 2 aliphatic heterocycles. The third-order valence-electron chi connectivity index (χ3n) is 6.77. The van der Waals surface area contributed by atoms with Gasteiger partial charge in [-0.1, -0.05) is 44.2 Å². The molecular formula is C25H38N4O4. The van der Waals surface area contributed by atoms with Crippen LogP contribution in [-0.4, -0.2) is 70.5 Å². The zero-order valence-corrected chi connectivity index (χ0v) is 20.2. The molecule has 2 aliphatic rings. The van der Waals surface area contributed by atoms with E-state index in [1.807, 2.05) is 49.1 Å². The molecule has 4 unspecified atom stereocenters. The Morgan fingerprint density at radius 2 is 1.82 bits per heavy atom. The van der Waals surface area contributed by atoms with E-state index in [0.717, 1.165) is 5.56 Å². The van der Waals surface area contributed by atoms with Gasteiger partial charge in [0.1, 0.15) is 6.04 Å². The largest absolute Gasteiger partial charge is 0.338 e. The van der Waals surface area contributed by atoms with Crippen LogP contribution in [0, 0.1) is 11.3 Å². The van der Waals surface area contributed by atoms with Gasteiger partial charge in [-0.3, -0.25) is 19.6 Å². The first-order chi connectivity index (χ1) is 15.6. The normalized spacial score (nSPS) is 26.5. The number of hydrogen-bond donors (Lipinski definition) is 3. The van der Waals surface area contributed by atoms with E-state index >= 15 is 0 Å². The highest BCUT2D eigenvalue weighted by molar-refractivity contribution is 5.94. The summed E-state index contributed by atoms with van der Waals surface area (Å²) in [6, 6.07) is 9.49. The minimum Gasteiger partial charge on any atom is -0.338 e. The fraction of sp³-hybridized carbons (Fsp3) is 0.640. The molecule has 0 radical (unpaired) electrons. The van der Waals surface area contributed by atoms with Crippen molar-refractivity contribution in [1.29, 1.82) is 0 Å². The van der Waals surface area contributed by atoms with Gasteiger partial charge in [0.25, 0.3) is 0 Å². The van der Waals surface area contributed by atoms with Crippen LogP contribution in [0.3, 0.4) is 0 Å². The molecule has 2 heterocycles. The summed E-state index contributed by atoms with van der Waals surface area (Å²) >= 11 is 0. The van der Waals surface area contributed by atoms with E-state index < -0.39 is 17.4 Å². The van der Waals surface area contributed by atoms with Crippen molar-refractivity contribution in [3.05, 3.63) is 35.9 Å². The Morgan fingerprint density at radius 3 is 2.39 bits per heavy atom. The Kier molecular flexibility index (Phi) is 8.13. The number of benzene rings is 1. The van der Waals surface area contributed by atoms with E-state index in [2.05, 4.69) is 19.2 Å². The van der Waals surface area contributed by atoms with Gasteiger partial charge in [0.05, 0.1) is 5.41 Å². The van der Waals surface area contributed by atoms with E-state index in [0.29, 0.717) is 38.9 Å². The predicted molar refractivity (Wildman–Crippen MR) is 125 cm³/mol. The highest BCUT2D eigenvalue weighted by Crippen LogP contribution is 2.42. The van der Waals surface area contributed by atoms with Crippen molar-refractivity contribution in [3.63, 3.8) is 0 Å². The molecule has 0 saturated carbocycles. The lowest BCUT2D eigenvalue weighted by Gasteiger charge is -2.40. The monoisotopic (exact) mass is 458 g/mol. The summed E-state index contributed by atoms with van der Waals surface area (Å²) in [5.74, 6) is -0.579. The van der Waals surface area contributed by atoms with E-state index in [-0.39, 0.29) is 36.2 Å². The maximum absolute atomic E-state index is 13.8. The van der Waals surface area contributed by atoms with Crippen LogP contribution in [0.2, 0.25) is 0 Å². The van der Waals surface area contributed by atoms with Crippen LogP contribution in [0.5, 0.6) is 0 Å². The van der Waals surface area contributed by atoms with Crippen molar-refractivity contribution in [1.82, 2.24) is 20.6 Å². The molecule has 0 aromatic heterocycles. The number of carbonyl (C=O) groups is 3. The van der Waals surface area contributed by atoms with Crippen LogP contribution in [-0.2, 0) is 20.8 Å².